The van der Waals surface area contributed by atoms with Gasteiger partial charge in [-0.15, -0.1) is 0 Å². The van der Waals surface area contributed by atoms with Crippen LogP contribution in [0.2, 0.25) is 0 Å². The van der Waals surface area contributed by atoms with Crippen molar-refractivity contribution >= 4 is 53.3 Å². The molecule has 7 atom stereocenters. The lowest BCUT2D eigenvalue weighted by Gasteiger charge is -2.46. The average molecular weight is 872 g/mol. The number of phenols is 1. The number of nitrogens with two attached hydrogens (primary N) is 5. The minimum Gasteiger partial charge on any atom is -0.508 e. The normalized spacial score (nSPS) is 19.1. The second kappa shape index (κ2) is 23.1. The smallest absolute Gasteiger partial charge is 0.326 e. The molecule has 1 aromatic rings. The van der Waals surface area contributed by atoms with Crippen LogP contribution in [-0.2, 0) is 40.0 Å². The van der Waals surface area contributed by atoms with E-state index < -0.39 is 89.7 Å². The third kappa shape index (κ3) is 13.4. The lowest BCUT2D eigenvalue weighted by Crippen LogP contribution is -2.74. The zero-order valence-corrected chi connectivity index (χ0v) is 36.0. The van der Waals surface area contributed by atoms with Crippen LogP contribution in [0.25, 0.3) is 0 Å². The van der Waals surface area contributed by atoms with Gasteiger partial charge < -0.3 is 69.9 Å². The number of aliphatic imine (C=N–C) groups is 2. The first-order valence-electron chi connectivity index (χ1n) is 20.9. The van der Waals surface area contributed by atoms with Crippen molar-refractivity contribution in [2.45, 2.75) is 121 Å². The summed E-state index contributed by atoms with van der Waals surface area (Å²) in [6.45, 7) is 6.96. The number of amides is 6. The topological polar surface area (TPSA) is 369 Å². The Kier molecular flexibility index (Phi) is 18.7. The number of benzene rings is 1. The molecular formula is C40H65N13O9. The molecule has 1 unspecified atom stereocenters. The Hall–Kier alpha value is -6.19. The molecule has 22 nitrogen and oxygen atoms in total. The van der Waals surface area contributed by atoms with Gasteiger partial charge in [0.25, 0.3) is 11.8 Å². The van der Waals surface area contributed by atoms with E-state index in [9.17, 15) is 39.0 Å². The molecule has 0 aromatic heterocycles. The molecule has 1 spiro atoms. The molecule has 6 amide bonds. The molecule has 0 saturated carbocycles. The summed E-state index contributed by atoms with van der Waals surface area (Å²) >= 11 is 0. The summed E-state index contributed by atoms with van der Waals surface area (Å²) in [5.74, 6) is -6.72. The summed E-state index contributed by atoms with van der Waals surface area (Å²) in [6, 6.07) is -0.283. The zero-order valence-electron chi connectivity index (χ0n) is 36.0. The molecule has 344 valence electrons. The molecule has 22 heteroatoms. The minimum atomic E-state index is -2.13. The number of aromatic hydroxyl groups is 1. The zero-order chi connectivity index (χ0) is 46.3. The van der Waals surface area contributed by atoms with Gasteiger partial charge in [0, 0.05) is 26.1 Å². The molecule has 3 rings (SSSR count). The summed E-state index contributed by atoms with van der Waals surface area (Å²) in [7, 11) is 0. The maximum atomic E-state index is 15.0. The Morgan fingerprint density at radius 3 is 2.03 bits per heavy atom. The Morgan fingerprint density at radius 1 is 0.871 bits per heavy atom. The molecule has 0 aliphatic carbocycles. The molecule has 2 heterocycles. The molecule has 0 radical (unpaired) electrons. The fourth-order valence-electron chi connectivity index (χ4n) is 7.52. The fourth-order valence-corrected chi connectivity index (χ4v) is 7.52. The van der Waals surface area contributed by atoms with E-state index in [2.05, 4.69) is 31.3 Å². The van der Waals surface area contributed by atoms with Crippen molar-refractivity contribution in [3.05, 3.63) is 29.8 Å². The van der Waals surface area contributed by atoms with Crippen molar-refractivity contribution < 1.29 is 43.8 Å². The predicted octanol–water partition coefficient (Wildman–Crippen LogP) is -2.35. The SMILES string of the molecule is CC[C@H](C)[C@H](NC(=O)[C@H](Cc1ccc(O)cc1)N1CNC(=O)C2(CCCN2C(=O)[C@H](CCCN=C(N)N)NC(=O)[C@@H](N)CCCN=C(N)N)C1=O)C(=O)N[C@@H](CC(C)C)C(=O)O. The van der Waals surface area contributed by atoms with E-state index in [4.69, 9.17) is 28.7 Å². The number of aliphatic carboxylic acids is 1. The van der Waals surface area contributed by atoms with Gasteiger partial charge in [-0.05, 0) is 74.5 Å². The third-order valence-electron chi connectivity index (χ3n) is 11.1. The highest BCUT2D eigenvalue weighted by atomic mass is 16.4. The first kappa shape index (κ1) is 50.2. The second-order valence-electron chi connectivity index (χ2n) is 16.2. The van der Waals surface area contributed by atoms with Crippen LogP contribution < -0.4 is 49.9 Å². The number of nitrogens with zero attached hydrogens (tertiary/aromatic N) is 4. The van der Waals surface area contributed by atoms with Gasteiger partial charge in [-0.3, -0.25) is 38.8 Å². The van der Waals surface area contributed by atoms with Gasteiger partial charge >= 0.3 is 5.97 Å². The van der Waals surface area contributed by atoms with Gasteiger partial charge in [-0.25, -0.2) is 4.79 Å². The molecule has 1 aromatic carbocycles. The molecular weight excluding hydrogens is 807 g/mol. The van der Waals surface area contributed by atoms with E-state index in [-0.39, 0.29) is 88.2 Å². The maximum absolute atomic E-state index is 15.0. The number of hydrogen-bond donors (Lipinski definition) is 11. The van der Waals surface area contributed by atoms with Crippen LogP contribution in [0.1, 0.15) is 84.6 Å². The standard InChI is InChI=1S/C40H65N13O9/c1-5-23(4)30(33(57)50-28(35(59)60)19-22(2)3)51-32(56)29(20-24-11-13-25(54)14-12-24)52-21-48-36(61)40(37(52)62)15-8-18-53(40)34(58)27(10-7-17-47-39(44)45)49-31(55)26(41)9-6-16-46-38(42)43/h11-14,22-23,26-30,54H,5-10,15-21,41H2,1-4H3,(H,48,61)(H,49,55)(H,50,57)(H,51,56)(H,59,60)(H4,42,43,46)(H4,44,45,47)/t23-,26-,27-,28-,29-,30-,40?/m0/s1. The van der Waals surface area contributed by atoms with Crippen molar-refractivity contribution in [3.63, 3.8) is 0 Å². The predicted molar refractivity (Wildman–Crippen MR) is 229 cm³/mol. The number of nitrogens with one attached hydrogen (secondary N) is 4. The van der Waals surface area contributed by atoms with Crippen molar-refractivity contribution in [1.29, 1.82) is 0 Å². The van der Waals surface area contributed by atoms with E-state index in [1.165, 1.54) is 12.1 Å². The number of carboxylic acid groups (broad SMARTS) is 1. The molecule has 2 aliphatic rings. The van der Waals surface area contributed by atoms with Gasteiger partial charge in [-0.2, -0.15) is 0 Å². The number of hydrogen-bond acceptors (Lipinski definition) is 11. The summed E-state index contributed by atoms with van der Waals surface area (Å²) in [6.07, 6.45) is 1.24. The first-order chi connectivity index (χ1) is 29.2. The van der Waals surface area contributed by atoms with E-state index in [1.807, 2.05) is 13.8 Å². The minimum absolute atomic E-state index is 0.000962. The summed E-state index contributed by atoms with van der Waals surface area (Å²) in [5.41, 5.74) is 26.3. The summed E-state index contributed by atoms with van der Waals surface area (Å²) in [4.78, 5) is 107. The highest BCUT2D eigenvalue weighted by Crippen LogP contribution is 2.36. The Balaban J connectivity index is 2.02. The molecule has 2 fully saturated rings. The number of phenolic OH excluding ortho intramolecular Hbond substituents is 1. The quantitative estimate of drug-likeness (QED) is 0.0237. The second-order valence-corrected chi connectivity index (χ2v) is 16.2. The van der Waals surface area contributed by atoms with Gasteiger partial charge in [0.15, 0.2) is 11.9 Å². The van der Waals surface area contributed by atoms with Gasteiger partial charge in [0.2, 0.25) is 29.2 Å². The van der Waals surface area contributed by atoms with Gasteiger partial charge in [0.1, 0.15) is 29.9 Å². The number of likely N-dealkylation sites (tertiary alicyclic amines) is 1. The van der Waals surface area contributed by atoms with Crippen LogP contribution in [-0.4, -0.2) is 135 Å². The molecule has 0 bridgehead atoms. The lowest BCUT2D eigenvalue weighted by molar-refractivity contribution is -0.167. The lowest BCUT2D eigenvalue weighted by atomic mass is 9.88. The number of carbonyl (C=O) groups excluding carboxylic acids is 6. The molecule has 62 heavy (non-hydrogen) atoms. The average Bonchev–Trinajstić information content (AvgIpc) is 3.66. The van der Waals surface area contributed by atoms with Crippen LogP contribution in [0.5, 0.6) is 5.75 Å². The van der Waals surface area contributed by atoms with Crippen molar-refractivity contribution in [1.82, 2.24) is 31.1 Å². The number of guanidine groups is 2. The molecule has 2 saturated heterocycles. The van der Waals surface area contributed by atoms with E-state index in [0.29, 0.717) is 18.4 Å². The first-order valence-corrected chi connectivity index (χ1v) is 20.9. The van der Waals surface area contributed by atoms with Crippen LogP contribution in [0.4, 0.5) is 0 Å². The maximum Gasteiger partial charge on any atom is 0.326 e. The van der Waals surface area contributed by atoms with Gasteiger partial charge in [-0.1, -0.05) is 46.2 Å². The third-order valence-corrected chi connectivity index (χ3v) is 11.1. The number of carbonyl (C=O) groups is 7. The number of carboxylic acids is 1. The van der Waals surface area contributed by atoms with Crippen LogP contribution in [0.15, 0.2) is 34.3 Å². The fraction of sp³-hybridized carbons (Fsp3) is 0.625. The summed E-state index contributed by atoms with van der Waals surface area (Å²) in [5, 5.41) is 30.5. The van der Waals surface area contributed by atoms with E-state index in [0.717, 1.165) is 9.80 Å². The highest BCUT2D eigenvalue weighted by molar-refractivity contribution is 6.15. The Labute approximate surface area is 361 Å². The largest absolute Gasteiger partial charge is 0.508 e. The van der Waals surface area contributed by atoms with E-state index in [1.54, 1.807) is 26.0 Å². The van der Waals surface area contributed by atoms with Crippen LogP contribution in [0, 0.1) is 11.8 Å². The van der Waals surface area contributed by atoms with Crippen LogP contribution in [0.3, 0.4) is 0 Å². The van der Waals surface area contributed by atoms with Crippen LogP contribution >= 0.6 is 0 Å². The van der Waals surface area contributed by atoms with E-state index >= 15 is 4.79 Å². The highest BCUT2D eigenvalue weighted by Gasteiger charge is 2.61. The number of rotatable bonds is 23. The molecule has 16 N–H and O–H groups in total. The monoisotopic (exact) mass is 872 g/mol. The Bertz CT molecular complexity index is 1820. The Morgan fingerprint density at radius 2 is 1.47 bits per heavy atom. The van der Waals surface area contributed by atoms with Crippen molar-refractivity contribution in [3.8, 4) is 5.75 Å². The van der Waals surface area contributed by atoms with Gasteiger partial charge in [0.05, 0.1) is 12.7 Å². The van der Waals surface area contributed by atoms with Crippen molar-refractivity contribution in [2.24, 2.45) is 50.5 Å². The van der Waals surface area contributed by atoms with Crippen molar-refractivity contribution in [2.75, 3.05) is 26.3 Å². The molecule has 2 aliphatic heterocycles. The summed E-state index contributed by atoms with van der Waals surface area (Å²) < 4.78 is 0.